The first-order valence-corrected chi connectivity index (χ1v) is 10.8. The maximum absolute atomic E-state index is 13.7. The summed E-state index contributed by atoms with van der Waals surface area (Å²) in [7, 11) is 1.38. The number of ether oxygens (including phenoxy) is 1. The van der Waals surface area contributed by atoms with E-state index in [-0.39, 0.29) is 17.8 Å². The van der Waals surface area contributed by atoms with Gasteiger partial charge in [0.25, 0.3) is 0 Å². The van der Waals surface area contributed by atoms with Crippen LogP contribution in [-0.2, 0) is 27.2 Å². The van der Waals surface area contributed by atoms with Crippen molar-refractivity contribution in [2.24, 2.45) is 5.92 Å². The highest BCUT2D eigenvalue weighted by molar-refractivity contribution is 5.92. The molecule has 29 heavy (non-hydrogen) atoms. The molecule has 2 aliphatic rings. The third kappa shape index (κ3) is 4.64. The Kier molecular flexibility index (Phi) is 6.96. The largest absolute Gasteiger partial charge is 0.467 e. The average molecular weight is 402 g/mol. The molecule has 0 saturated carbocycles. The van der Waals surface area contributed by atoms with Crippen molar-refractivity contribution in [2.75, 3.05) is 39.8 Å². The molecule has 1 aliphatic carbocycles. The summed E-state index contributed by atoms with van der Waals surface area (Å²) in [4.78, 5) is 30.8. The Bertz CT molecular complexity index is 701. The van der Waals surface area contributed by atoms with E-state index in [0.717, 1.165) is 32.7 Å². The van der Waals surface area contributed by atoms with E-state index in [0.29, 0.717) is 19.3 Å². The zero-order valence-corrected chi connectivity index (χ0v) is 18.2. The van der Waals surface area contributed by atoms with E-state index in [2.05, 4.69) is 34.2 Å². The molecule has 1 amide bonds. The SMILES string of the molecule is CCN1CCN(C2(C(=O)NC(CC(C)C)C(=O)OC)Cc3ccccc3C2)CC1. The number of esters is 1. The van der Waals surface area contributed by atoms with Gasteiger partial charge in [0, 0.05) is 39.0 Å². The lowest BCUT2D eigenvalue weighted by atomic mass is 9.90. The number of nitrogens with zero attached hydrogens (tertiary/aromatic N) is 2. The Morgan fingerprint density at radius 3 is 2.17 bits per heavy atom. The zero-order valence-electron chi connectivity index (χ0n) is 18.2. The molecule has 3 rings (SSSR count). The van der Waals surface area contributed by atoms with E-state index < -0.39 is 11.6 Å². The summed E-state index contributed by atoms with van der Waals surface area (Å²) in [5, 5.41) is 3.07. The minimum Gasteiger partial charge on any atom is -0.467 e. The molecule has 1 atom stereocenters. The molecule has 0 bridgehead atoms. The first kappa shape index (κ1) is 21.8. The predicted octanol–water partition coefficient (Wildman–Crippen LogP) is 1.87. The van der Waals surface area contributed by atoms with Crippen LogP contribution in [0.1, 0.15) is 38.3 Å². The zero-order chi connectivity index (χ0) is 21.0. The Balaban J connectivity index is 1.85. The molecule has 0 aromatic heterocycles. The van der Waals surface area contributed by atoms with Gasteiger partial charge < -0.3 is 15.0 Å². The van der Waals surface area contributed by atoms with Gasteiger partial charge in [-0.3, -0.25) is 9.69 Å². The van der Waals surface area contributed by atoms with Crippen molar-refractivity contribution in [3.05, 3.63) is 35.4 Å². The number of nitrogens with one attached hydrogen (secondary N) is 1. The molecular weight excluding hydrogens is 366 g/mol. The van der Waals surface area contributed by atoms with E-state index in [1.54, 1.807) is 0 Å². The van der Waals surface area contributed by atoms with Crippen molar-refractivity contribution < 1.29 is 14.3 Å². The molecule has 1 fully saturated rings. The molecule has 6 nitrogen and oxygen atoms in total. The fraction of sp³-hybridized carbons (Fsp3) is 0.652. The molecule has 0 spiro atoms. The number of methoxy groups -OCH3 is 1. The van der Waals surface area contributed by atoms with Gasteiger partial charge in [0.1, 0.15) is 11.6 Å². The second-order valence-electron chi connectivity index (χ2n) is 8.75. The molecule has 0 radical (unpaired) electrons. The lowest BCUT2D eigenvalue weighted by Crippen LogP contribution is -2.65. The number of fused-ring (bicyclic) bond motifs is 1. The average Bonchev–Trinajstić information content (AvgIpc) is 3.13. The van der Waals surface area contributed by atoms with Crippen LogP contribution in [0.15, 0.2) is 24.3 Å². The van der Waals surface area contributed by atoms with Crippen LogP contribution in [0, 0.1) is 5.92 Å². The van der Waals surface area contributed by atoms with Gasteiger partial charge in [0.05, 0.1) is 7.11 Å². The van der Waals surface area contributed by atoms with Crippen molar-refractivity contribution in [2.45, 2.75) is 51.6 Å². The maximum Gasteiger partial charge on any atom is 0.328 e. The molecule has 160 valence electrons. The Labute approximate surface area is 174 Å². The fourth-order valence-electron chi connectivity index (χ4n) is 4.74. The van der Waals surface area contributed by atoms with Crippen molar-refractivity contribution in [1.82, 2.24) is 15.1 Å². The predicted molar refractivity (Wildman–Crippen MR) is 114 cm³/mol. The second kappa shape index (κ2) is 9.26. The maximum atomic E-state index is 13.7. The summed E-state index contributed by atoms with van der Waals surface area (Å²) in [5.74, 6) is -0.132. The number of piperazine rings is 1. The molecular formula is C23H35N3O3. The minimum atomic E-state index is -0.632. The topological polar surface area (TPSA) is 61.9 Å². The summed E-state index contributed by atoms with van der Waals surface area (Å²) < 4.78 is 4.97. The molecule has 1 aromatic rings. The Hall–Kier alpha value is -1.92. The van der Waals surface area contributed by atoms with Crippen LogP contribution in [0.4, 0.5) is 0 Å². The number of hydrogen-bond donors (Lipinski definition) is 1. The number of rotatable bonds is 7. The summed E-state index contributed by atoms with van der Waals surface area (Å²) >= 11 is 0. The van der Waals surface area contributed by atoms with Gasteiger partial charge in [0.15, 0.2) is 0 Å². The van der Waals surface area contributed by atoms with Gasteiger partial charge in [-0.15, -0.1) is 0 Å². The molecule has 1 aliphatic heterocycles. The summed E-state index contributed by atoms with van der Waals surface area (Å²) in [6.07, 6.45) is 1.96. The van der Waals surface area contributed by atoms with Crippen LogP contribution in [0.5, 0.6) is 0 Å². The van der Waals surface area contributed by atoms with Gasteiger partial charge in [0.2, 0.25) is 5.91 Å². The van der Waals surface area contributed by atoms with Crippen LogP contribution in [0.25, 0.3) is 0 Å². The monoisotopic (exact) mass is 401 g/mol. The van der Waals surface area contributed by atoms with Gasteiger partial charge in [-0.2, -0.15) is 0 Å². The number of carbonyl (C=O) groups excluding carboxylic acids is 2. The molecule has 1 saturated heterocycles. The van der Waals surface area contributed by atoms with Gasteiger partial charge in [-0.1, -0.05) is 45.0 Å². The highest BCUT2D eigenvalue weighted by Crippen LogP contribution is 2.36. The molecule has 1 aromatic carbocycles. The van der Waals surface area contributed by atoms with Crippen LogP contribution in [0.2, 0.25) is 0 Å². The first-order valence-electron chi connectivity index (χ1n) is 10.8. The quantitative estimate of drug-likeness (QED) is 0.707. The van der Waals surface area contributed by atoms with Crippen molar-refractivity contribution in [1.29, 1.82) is 0 Å². The number of benzene rings is 1. The Morgan fingerprint density at radius 1 is 1.10 bits per heavy atom. The van der Waals surface area contributed by atoms with Crippen molar-refractivity contribution in [3.63, 3.8) is 0 Å². The second-order valence-corrected chi connectivity index (χ2v) is 8.75. The van der Waals surface area contributed by atoms with Crippen LogP contribution in [-0.4, -0.2) is 73.1 Å². The number of hydrogen-bond acceptors (Lipinski definition) is 5. The summed E-state index contributed by atoms with van der Waals surface area (Å²) in [6.45, 7) is 11.0. The third-order valence-electron chi connectivity index (χ3n) is 6.43. The highest BCUT2D eigenvalue weighted by atomic mass is 16.5. The van der Waals surface area contributed by atoms with E-state index in [1.165, 1.54) is 18.2 Å². The molecule has 1 unspecified atom stereocenters. The number of carbonyl (C=O) groups is 2. The number of amides is 1. The van der Waals surface area contributed by atoms with Crippen molar-refractivity contribution >= 4 is 11.9 Å². The lowest BCUT2D eigenvalue weighted by molar-refractivity contribution is -0.148. The molecule has 1 N–H and O–H groups in total. The minimum absolute atomic E-state index is 0.0466. The van der Waals surface area contributed by atoms with Gasteiger partial charge >= 0.3 is 5.97 Å². The van der Waals surface area contributed by atoms with Crippen LogP contribution in [0.3, 0.4) is 0 Å². The summed E-state index contributed by atoms with van der Waals surface area (Å²) in [6, 6.07) is 7.72. The Morgan fingerprint density at radius 2 is 1.69 bits per heavy atom. The highest BCUT2D eigenvalue weighted by Gasteiger charge is 2.49. The summed E-state index contributed by atoms with van der Waals surface area (Å²) in [5.41, 5.74) is 1.84. The van der Waals surface area contributed by atoms with Gasteiger partial charge in [-0.05, 0) is 30.0 Å². The third-order valence-corrected chi connectivity index (χ3v) is 6.43. The molecule has 1 heterocycles. The smallest absolute Gasteiger partial charge is 0.328 e. The first-order chi connectivity index (χ1) is 13.9. The van der Waals surface area contributed by atoms with Crippen molar-refractivity contribution in [3.8, 4) is 0 Å². The standard InChI is InChI=1S/C23H35N3O3/c1-5-25-10-12-26(13-11-25)23(15-18-8-6-7-9-19(18)16-23)22(28)24-20(14-17(2)3)21(27)29-4/h6-9,17,20H,5,10-16H2,1-4H3,(H,24,28). The van der Waals surface area contributed by atoms with E-state index in [9.17, 15) is 9.59 Å². The normalized spacial score (nSPS) is 20.3. The van der Waals surface area contributed by atoms with Crippen LogP contribution >= 0.6 is 0 Å². The number of likely N-dealkylation sites (N-methyl/N-ethyl adjacent to an activating group) is 1. The molecule has 6 heteroatoms. The van der Waals surface area contributed by atoms with E-state index >= 15 is 0 Å². The van der Waals surface area contributed by atoms with E-state index in [1.807, 2.05) is 26.0 Å². The van der Waals surface area contributed by atoms with E-state index in [4.69, 9.17) is 4.74 Å². The van der Waals surface area contributed by atoms with Crippen LogP contribution < -0.4 is 5.32 Å². The van der Waals surface area contributed by atoms with Gasteiger partial charge in [-0.25, -0.2) is 4.79 Å². The fourth-order valence-corrected chi connectivity index (χ4v) is 4.74. The lowest BCUT2D eigenvalue weighted by Gasteiger charge is -2.45.